The van der Waals surface area contributed by atoms with Gasteiger partial charge in [-0.1, -0.05) is 24.3 Å². The van der Waals surface area contributed by atoms with Crippen molar-refractivity contribution < 1.29 is 0 Å². The fourth-order valence-electron chi connectivity index (χ4n) is 2.43. The summed E-state index contributed by atoms with van der Waals surface area (Å²) in [7, 11) is 0. The van der Waals surface area contributed by atoms with Crippen molar-refractivity contribution >= 4 is 21.8 Å². The Bertz CT molecular complexity index is 872. The van der Waals surface area contributed by atoms with Crippen molar-refractivity contribution in [2.75, 3.05) is 0 Å². The Morgan fingerprint density at radius 2 is 1.63 bits per heavy atom. The molecule has 0 spiro atoms. The minimum atomic E-state index is 0.923. The number of fused-ring (bicyclic) bond motifs is 2. The third kappa shape index (κ3) is 1.52. The zero-order valence-electron chi connectivity index (χ0n) is 10.2. The average Bonchev–Trinajstić information content (AvgIpc) is 2.90. The molecule has 0 bridgehead atoms. The summed E-state index contributed by atoms with van der Waals surface area (Å²) in [5.74, 6) is 0.923. The topological polar surface area (TPSA) is 30.7 Å². The lowest BCUT2D eigenvalue weighted by Gasteiger charge is -2.07. The van der Waals surface area contributed by atoms with Gasteiger partial charge in [-0.3, -0.25) is 4.57 Å². The first-order chi connectivity index (χ1) is 9.43. The predicted molar refractivity (Wildman–Crippen MR) is 76.4 cm³/mol. The SMILES string of the molecule is c1ccc2c(-n3ccc4cccnc43)nccc2c1. The van der Waals surface area contributed by atoms with Crippen LogP contribution in [0.25, 0.3) is 27.6 Å². The van der Waals surface area contributed by atoms with Crippen molar-refractivity contribution in [3.05, 3.63) is 67.1 Å². The van der Waals surface area contributed by atoms with Crippen LogP contribution in [0.5, 0.6) is 0 Å². The molecule has 0 radical (unpaired) electrons. The molecular weight excluding hydrogens is 234 g/mol. The van der Waals surface area contributed by atoms with E-state index < -0.39 is 0 Å². The summed E-state index contributed by atoms with van der Waals surface area (Å²) < 4.78 is 2.04. The van der Waals surface area contributed by atoms with Crippen molar-refractivity contribution in [3.8, 4) is 5.82 Å². The Kier molecular flexibility index (Phi) is 2.12. The zero-order chi connectivity index (χ0) is 12.7. The molecule has 0 saturated heterocycles. The van der Waals surface area contributed by atoms with Crippen LogP contribution < -0.4 is 0 Å². The molecule has 4 rings (SSSR count). The molecule has 0 aliphatic heterocycles. The van der Waals surface area contributed by atoms with Crippen LogP contribution in [0.2, 0.25) is 0 Å². The maximum Gasteiger partial charge on any atom is 0.146 e. The molecule has 1 aromatic carbocycles. The Labute approximate surface area is 110 Å². The number of hydrogen-bond donors (Lipinski definition) is 0. The van der Waals surface area contributed by atoms with Gasteiger partial charge in [-0.05, 0) is 29.7 Å². The van der Waals surface area contributed by atoms with Crippen LogP contribution in [0.3, 0.4) is 0 Å². The van der Waals surface area contributed by atoms with Gasteiger partial charge >= 0.3 is 0 Å². The van der Waals surface area contributed by atoms with Crippen LogP contribution in [0.1, 0.15) is 0 Å². The minimum absolute atomic E-state index is 0.923. The van der Waals surface area contributed by atoms with Gasteiger partial charge in [0, 0.05) is 29.4 Å². The maximum absolute atomic E-state index is 4.52. The van der Waals surface area contributed by atoms with Crippen molar-refractivity contribution in [2.45, 2.75) is 0 Å². The molecule has 0 saturated carbocycles. The average molecular weight is 245 g/mol. The first-order valence-corrected chi connectivity index (χ1v) is 6.20. The summed E-state index contributed by atoms with van der Waals surface area (Å²) in [5, 5.41) is 3.44. The van der Waals surface area contributed by atoms with Gasteiger partial charge in [0.25, 0.3) is 0 Å². The summed E-state index contributed by atoms with van der Waals surface area (Å²) >= 11 is 0. The van der Waals surface area contributed by atoms with Gasteiger partial charge in [-0.2, -0.15) is 0 Å². The van der Waals surface area contributed by atoms with E-state index in [1.807, 2.05) is 47.4 Å². The van der Waals surface area contributed by atoms with E-state index >= 15 is 0 Å². The highest BCUT2D eigenvalue weighted by atomic mass is 15.1. The Hall–Kier alpha value is -2.68. The molecule has 4 aromatic rings. The number of hydrogen-bond acceptors (Lipinski definition) is 2. The lowest BCUT2D eigenvalue weighted by molar-refractivity contribution is 1.04. The summed E-state index contributed by atoms with van der Waals surface area (Å²) in [6.07, 6.45) is 5.67. The molecule has 0 fully saturated rings. The van der Waals surface area contributed by atoms with E-state index in [1.54, 1.807) is 0 Å². The van der Waals surface area contributed by atoms with Crippen LogP contribution in [0.15, 0.2) is 67.1 Å². The van der Waals surface area contributed by atoms with Crippen molar-refractivity contribution in [1.29, 1.82) is 0 Å². The third-order valence-electron chi connectivity index (χ3n) is 3.33. The van der Waals surface area contributed by atoms with Gasteiger partial charge in [0.1, 0.15) is 11.5 Å². The van der Waals surface area contributed by atoms with E-state index in [0.29, 0.717) is 0 Å². The maximum atomic E-state index is 4.52. The molecule has 3 heterocycles. The van der Waals surface area contributed by atoms with E-state index in [1.165, 1.54) is 5.39 Å². The molecule has 90 valence electrons. The van der Waals surface area contributed by atoms with Crippen LogP contribution in [0, 0.1) is 0 Å². The molecular formula is C16H11N3. The molecule has 0 unspecified atom stereocenters. The smallest absolute Gasteiger partial charge is 0.146 e. The first-order valence-electron chi connectivity index (χ1n) is 6.20. The van der Waals surface area contributed by atoms with Crippen LogP contribution in [-0.4, -0.2) is 14.5 Å². The number of rotatable bonds is 1. The summed E-state index contributed by atoms with van der Waals surface area (Å²) in [6.45, 7) is 0. The fraction of sp³-hybridized carbons (Fsp3) is 0. The second kappa shape index (κ2) is 3.92. The number of nitrogens with zero attached hydrogens (tertiary/aromatic N) is 3. The van der Waals surface area contributed by atoms with Crippen LogP contribution >= 0.6 is 0 Å². The molecule has 3 heteroatoms. The van der Waals surface area contributed by atoms with E-state index in [9.17, 15) is 0 Å². The Morgan fingerprint density at radius 3 is 2.63 bits per heavy atom. The highest BCUT2D eigenvalue weighted by Crippen LogP contribution is 2.23. The number of benzene rings is 1. The highest BCUT2D eigenvalue weighted by molar-refractivity contribution is 5.90. The van der Waals surface area contributed by atoms with Crippen molar-refractivity contribution in [1.82, 2.24) is 14.5 Å². The van der Waals surface area contributed by atoms with Crippen LogP contribution in [-0.2, 0) is 0 Å². The van der Waals surface area contributed by atoms with E-state index in [0.717, 1.165) is 22.2 Å². The first kappa shape index (κ1) is 10.3. The van der Waals surface area contributed by atoms with Crippen molar-refractivity contribution in [3.63, 3.8) is 0 Å². The van der Waals surface area contributed by atoms with Gasteiger partial charge < -0.3 is 0 Å². The Balaban J connectivity index is 2.10. The molecule has 0 aliphatic rings. The molecule has 0 N–H and O–H groups in total. The number of aromatic nitrogens is 3. The standard InChI is InChI=1S/C16H11N3/c1-2-6-14-12(4-1)7-10-18-16(14)19-11-8-13-5-3-9-17-15(13)19/h1-11H. The minimum Gasteiger partial charge on any atom is -0.285 e. The van der Waals surface area contributed by atoms with Gasteiger partial charge in [-0.25, -0.2) is 9.97 Å². The summed E-state index contributed by atoms with van der Waals surface area (Å²) in [5.41, 5.74) is 0.936. The largest absolute Gasteiger partial charge is 0.285 e. The second-order valence-corrected chi connectivity index (χ2v) is 4.46. The molecule has 3 aromatic heterocycles. The van der Waals surface area contributed by atoms with Crippen molar-refractivity contribution in [2.24, 2.45) is 0 Å². The second-order valence-electron chi connectivity index (χ2n) is 4.46. The zero-order valence-corrected chi connectivity index (χ0v) is 10.2. The van der Waals surface area contributed by atoms with E-state index in [4.69, 9.17) is 0 Å². The van der Waals surface area contributed by atoms with Gasteiger partial charge in [0.2, 0.25) is 0 Å². The predicted octanol–water partition coefficient (Wildman–Crippen LogP) is 3.57. The van der Waals surface area contributed by atoms with E-state index in [2.05, 4.69) is 34.2 Å². The molecule has 3 nitrogen and oxygen atoms in total. The van der Waals surface area contributed by atoms with Gasteiger partial charge in [0.15, 0.2) is 0 Å². The lowest BCUT2D eigenvalue weighted by atomic mass is 10.1. The van der Waals surface area contributed by atoms with Gasteiger partial charge in [0.05, 0.1) is 0 Å². The Morgan fingerprint density at radius 1 is 0.737 bits per heavy atom. The summed E-state index contributed by atoms with van der Waals surface area (Å²) in [6, 6.07) is 16.4. The third-order valence-corrected chi connectivity index (χ3v) is 3.33. The van der Waals surface area contributed by atoms with E-state index in [-0.39, 0.29) is 0 Å². The highest BCUT2D eigenvalue weighted by Gasteiger charge is 2.08. The fourth-order valence-corrected chi connectivity index (χ4v) is 2.43. The van der Waals surface area contributed by atoms with Crippen LogP contribution in [0.4, 0.5) is 0 Å². The molecule has 0 amide bonds. The normalized spacial score (nSPS) is 11.2. The molecule has 0 atom stereocenters. The molecule has 0 aliphatic carbocycles. The quantitative estimate of drug-likeness (QED) is 0.513. The summed E-state index contributed by atoms with van der Waals surface area (Å²) in [4.78, 5) is 8.97. The lowest BCUT2D eigenvalue weighted by Crippen LogP contribution is -1.97. The monoisotopic (exact) mass is 245 g/mol. The molecule has 19 heavy (non-hydrogen) atoms. The number of pyridine rings is 2. The van der Waals surface area contributed by atoms with Gasteiger partial charge in [-0.15, -0.1) is 0 Å².